The maximum Gasteiger partial charge on any atom is 0.337 e. The zero-order valence-corrected chi connectivity index (χ0v) is 8.45. The van der Waals surface area contributed by atoms with E-state index in [-0.39, 0.29) is 5.56 Å². The fraction of sp³-hybridized carbons (Fsp3) is 0. The third-order valence-electron chi connectivity index (χ3n) is 2.13. The minimum absolute atomic E-state index is 0.261. The monoisotopic (exact) mass is 221 g/mol. The molecule has 0 spiro atoms. The Morgan fingerprint density at radius 3 is 2.47 bits per heavy atom. The Bertz CT molecular complexity index is 488. The highest BCUT2D eigenvalue weighted by Gasteiger charge is 2.11. The number of aromatic carboxylic acids is 1. The van der Waals surface area contributed by atoms with E-state index in [4.69, 9.17) is 16.7 Å². The highest BCUT2D eigenvalue weighted by Crippen LogP contribution is 2.24. The van der Waals surface area contributed by atoms with Gasteiger partial charge in [0.05, 0.1) is 5.56 Å². The lowest BCUT2D eigenvalue weighted by atomic mass is 10.1. The molecular weight excluding hydrogens is 214 g/mol. The van der Waals surface area contributed by atoms with Crippen molar-refractivity contribution in [3.05, 3.63) is 47.2 Å². The van der Waals surface area contributed by atoms with Crippen molar-refractivity contribution in [2.75, 3.05) is 0 Å². The van der Waals surface area contributed by atoms with Crippen LogP contribution in [0.15, 0.2) is 36.7 Å². The van der Waals surface area contributed by atoms with Crippen LogP contribution in [0.5, 0.6) is 0 Å². The van der Waals surface area contributed by atoms with Gasteiger partial charge in [0.1, 0.15) is 0 Å². The number of carboxylic acids is 1. The number of halogens is 1. The molecule has 1 aromatic heterocycles. The molecule has 2 aromatic rings. The van der Waals surface area contributed by atoms with Gasteiger partial charge in [0.15, 0.2) is 0 Å². The van der Waals surface area contributed by atoms with E-state index < -0.39 is 5.97 Å². The standard InChI is InChI=1S/C11H8ClNO2/c12-8-3-1-7(2-4-8)9-5-13-6-10(9)11(14)15/h1-6,13H,(H,14,15). The minimum atomic E-state index is -0.943. The molecule has 0 bridgehead atoms. The van der Waals surface area contributed by atoms with Crippen LogP contribution in [-0.2, 0) is 0 Å². The molecule has 1 aromatic carbocycles. The number of benzene rings is 1. The van der Waals surface area contributed by atoms with E-state index in [1.165, 1.54) is 6.20 Å². The number of carboxylic acid groups (broad SMARTS) is 1. The van der Waals surface area contributed by atoms with Crippen LogP contribution in [0.4, 0.5) is 0 Å². The normalized spacial score (nSPS) is 10.2. The van der Waals surface area contributed by atoms with Crippen LogP contribution in [-0.4, -0.2) is 16.1 Å². The Hall–Kier alpha value is -1.74. The highest BCUT2D eigenvalue weighted by molar-refractivity contribution is 6.30. The van der Waals surface area contributed by atoms with Gasteiger partial charge in [-0.1, -0.05) is 23.7 Å². The maximum atomic E-state index is 10.9. The Morgan fingerprint density at radius 2 is 1.87 bits per heavy atom. The van der Waals surface area contributed by atoms with Crippen molar-refractivity contribution >= 4 is 17.6 Å². The van der Waals surface area contributed by atoms with E-state index in [9.17, 15) is 4.79 Å². The van der Waals surface area contributed by atoms with Crippen molar-refractivity contribution in [1.82, 2.24) is 4.98 Å². The van der Waals surface area contributed by atoms with Crippen molar-refractivity contribution in [2.24, 2.45) is 0 Å². The van der Waals surface area contributed by atoms with Gasteiger partial charge in [0.2, 0.25) is 0 Å². The largest absolute Gasteiger partial charge is 0.478 e. The highest BCUT2D eigenvalue weighted by atomic mass is 35.5. The number of carbonyl (C=O) groups is 1. The zero-order chi connectivity index (χ0) is 10.8. The molecule has 0 fully saturated rings. The van der Waals surface area contributed by atoms with Crippen LogP contribution in [0.25, 0.3) is 11.1 Å². The van der Waals surface area contributed by atoms with E-state index in [1.807, 2.05) is 0 Å². The van der Waals surface area contributed by atoms with E-state index in [0.717, 1.165) is 5.56 Å². The van der Waals surface area contributed by atoms with E-state index >= 15 is 0 Å². The van der Waals surface area contributed by atoms with Crippen LogP contribution < -0.4 is 0 Å². The molecule has 0 saturated carbocycles. The molecule has 0 aliphatic carbocycles. The first kappa shape index (κ1) is 9.80. The van der Waals surface area contributed by atoms with Gasteiger partial charge >= 0.3 is 5.97 Å². The van der Waals surface area contributed by atoms with E-state index in [1.54, 1.807) is 30.5 Å². The average molecular weight is 222 g/mol. The topological polar surface area (TPSA) is 53.1 Å². The maximum absolute atomic E-state index is 10.9. The number of rotatable bonds is 2. The van der Waals surface area contributed by atoms with Crippen molar-refractivity contribution < 1.29 is 9.90 Å². The molecule has 15 heavy (non-hydrogen) atoms. The number of aromatic amines is 1. The number of H-pyrrole nitrogens is 1. The minimum Gasteiger partial charge on any atom is -0.478 e. The molecule has 3 nitrogen and oxygen atoms in total. The lowest BCUT2D eigenvalue weighted by molar-refractivity contribution is 0.0698. The van der Waals surface area contributed by atoms with Crippen LogP contribution in [0.3, 0.4) is 0 Å². The first-order valence-corrected chi connectivity index (χ1v) is 4.72. The lowest BCUT2D eigenvalue weighted by Crippen LogP contribution is -1.95. The summed E-state index contributed by atoms with van der Waals surface area (Å²) in [6, 6.07) is 7.04. The fourth-order valence-electron chi connectivity index (χ4n) is 1.41. The summed E-state index contributed by atoms with van der Waals surface area (Å²) < 4.78 is 0. The van der Waals surface area contributed by atoms with Crippen molar-refractivity contribution in [1.29, 1.82) is 0 Å². The number of nitrogens with one attached hydrogen (secondary N) is 1. The summed E-state index contributed by atoms with van der Waals surface area (Å²) in [7, 11) is 0. The molecule has 0 atom stereocenters. The molecule has 0 saturated heterocycles. The Balaban J connectivity index is 2.49. The van der Waals surface area contributed by atoms with Crippen LogP contribution in [0.1, 0.15) is 10.4 Å². The summed E-state index contributed by atoms with van der Waals surface area (Å²) in [6.45, 7) is 0. The zero-order valence-electron chi connectivity index (χ0n) is 7.70. The summed E-state index contributed by atoms with van der Waals surface area (Å²) in [4.78, 5) is 13.7. The second-order valence-electron chi connectivity index (χ2n) is 3.09. The molecule has 0 aliphatic heterocycles. The van der Waals surface area contributed by atoms with Gasteiger partial charge in [0, 0.05) is 23.0 Å². The Kier molecular flexibility index (Phi) is 2.47. The first-order valence-electron chi connectivity index (χ1n) is 4.34. The molecule has 76 valence electrons. The van der Waals surface area contributed by atoms with Gasteiger partial charge < -0.3 is 10.1 Å². The Labute approximate surface area is 91.3 Å². The molecule has 0 amide bonds. The molecule has 2 rings (SSSR count). The molecule has 0 radical (unpaired) electrons. The second-order valence-corrected chi connectivity index (χ2v) is 3.53. The lowest BCUT2D eigenvalue weighted by Gasteiger charge is -2.00. The predicted octanol–water partition coefficient (Wildman–Crippen LogP) is 3.03. The van der Waals surface area contributed by atoms with Gasteiger partial charge in [-0.25, -0.2) is 4.79 Å². The quantitative estimate of drug-likeness (QED) is 0.819. The van der Waals surface area contributed by atoms with E-state index in [0.29, 0.717) is 10.6 Å². The van der Waals surface area contributed by atoms with Crippen LogP contribution >= 0.6 is 11.6 Å². The second kappa shape index (κ2) is 3.79. The number of hydrogen-bond donors (Lipinski definition) is 2. The fourth-order valence-corrected chi connectivity index (χ4v) is 1.54. The van der Waals surface area contributed by atoms with Crippen LogP contribution in [0.2, 0.25) is 5.02 Å². The van der Waals surface area contributed by atoms with Crippen molar-refractivity contribution in [3.8, 4) is 11.1 Å². The third kappa shape index (κ3) is 1.87. The van der Waals surface area contributed by atoms with Gasteiger partial charge in [-0.3, -0.25) is 0 Å². The van der Waals surface area contributed by atoms with Crippen LogP contribution in [0, 0.1) is 0 Å². The molecular formula is C11H8ClNO2. The van der Waals surface area contributed by atoms with Crippen molar-refractivity contribution in [2.45, 2.75) is 0 Å². The number of hydrogen-bond acceptors (Lipinski definition) is 1. The summed E-state index contributed by atoms with van der Waals surface area (Å²) in [5, 5.41) is 9.56. The smallest absolute Gasteiger partial charge is 0.337 e. The third-order valence-corrected chi connectivity index (χ3v) is 2.38. The van der Waals surface area contributed by atoms with Gasteiger partial charge in [-0.15, -0.1) is 0 Å². The number of aromatic nitrogens is 1. The van der Waals surface area contributed by atoms with Crippen molar-refractivity contribution in [3.63, 3.8) is 0 Å². The van der Waals surface area contributed by atoms with Gasteiger partial charge in [0.25, 0.3) is 0 Å². The summed E-state index contributed by atoms with van der Waals surface area (Å²) in [6.07, 6.45) is 3.12. The summed E-state index contributed by atoms with van der Waals surface area (Å²) >= 11 is 5.75. The molecule has 2 N–H and O–H groups in total. The Morgan fingerprint density at radius 1 is 1.20 bits per heavy atom. The first-order chi connectivity index (χ1) is 7.18. The average Bonchev–Trinajstić information content (AvgIpc) is 2.67. The molecule has 0 unspecified atom stereocenters. The molecule has 4 heteroatoms. The summed E-state index contributed by atoms with van der Waals surface area (Å²) in [5.74, 6) is -0.943. The van der Waals surface area contributed by atoms with E-state index in [2.05, 4.69) is 4.98 Å². The SMILES string of the molecule is O=C(O)c1c[nH]cc1-c1ccc(Cl)cc1. The van der Waals surface area contributed by atoms with Gasteiger partial charge in [-0.05, 0) is 17.7 Å². The molecule has 1 heterocycles. The molecule has 0 aliphatic rings. The summed E-state index contributed by atoms with van der Waals surface area (Å²) in [5.41, 5.74) is 1.76. The predicted molar refractivity (Wildman–Crippen MR) is 58.2 cm³/mol. The van der Waals surface area contributed by atoms with Gasteiger partial charge in [-0.2, -0.15) is 0 Å².